The van der Waals surface area contributed by atoms with E-state index in [4.69, 9.17) is 4.74 Å². The summed E-state index contributed by atoms with van der Waals surface area (Å²) in [5.74, 6) is 2.01. The molecular weight excluding hydrogens is 431 g/mol. The topological polar surface area (TPSA) is 74.8 Å². The van der Waals surface area contributed by atoms with E-state index in [2.05, 4.69) is 34.8 Å². The highest BCUT2D eigenvalue weighted by atomic mass is 127. The number of nitrogens with one attached hydrogen (secondary N) is 3. The first-order valence-corrected chi connectivity index (χ1v) is 8.47. The van der Waals surface area contributed by atoms with Crippen molar-refractivity contribution in [2.75, 3.05) is 26.7 Å². The van der Waals surface area contributed by atoms with Gasteiger partial charge in [0, 0.05) is 19.6 Å². The average molecular weight is 462 g/mol. The molecule has 0 heterocycles. The van der Waals surface area contributed by atoms with Gasteiger partial charge < -0.3 is 20.7 Å². The molecular formula is C18H31IN4O2. The lowest BCUT2D eigenvalue weighted by Gasteiger charge is -2.12. The molecule has 6 nitrogen and oxygen atoms in total. The minimum atomic E-state index is -0.105. The number of amides is 1. The zero-order chi connectivity index (χ0) is 17.8. The van der Waals surface area contributed by atoms with Gasteiger partial charge in [-0.15, -0.1) is 24.0 Å². The van der Waals surface area contributed by atoms with Crippen LogP contribution in [0.1, 0.15) is 32.8 Å². The lowest BCUT2D eigenvalue weighted by Crippen LogP contribution is -2.39. The van der Waals surface area contributed by atoms with Crippen LogP contribution in [0.5, 0.6) is 5.75 Å². The molecule has 1 amide bonds. The first-order valence-electron chi connectivity index (χ1n) is 8.47. The van der Waals surface area contributed by atoms with Crippen LogP contribution < -0.4 is 20.7 Å². The van der Waals surface area contributed by atoms with Gasteiger partial charge in [0.15, 0.2) is 5.96 Å². The van der Waals surface area contributed by atoms with Crippen molar-refractivity contribution in [1.82, 2.24) is 16.0 Å². The van der Waals surface area contributed by atoms with E-state index in [9.17, 15) is 4.79 Å². The highest BCUT2D eigenvalue weighted by Gasteiger charge is 2.03. The van der Waals surface area contributed by atoms with E-state index < -0.39 is 0 Å². The van der Waals surface area contributed by atoms with Gasteiger partial charge in [0.2, 0.25) is 5.91 Å². The van der Waals surface area contributed by atoms with E-state index >= 15 is 0 Å². The van der Waals surface area contributed by atoms with Crippen molar-refractivity contribution in [1.29, 1.82) is 0 Å². The minimum absolute atomic E-state index is 0. The van der Waals surface area contributed by atoms with Gasteiger partial charge in [-0.1, -0.05) is 26.0 Å². The summed E-state index contributed by atoms with van der Waals surface area (Å²) in [5, 5.41) is 9.25. The second kappa shape index (κ2) is 13.7. The van der Waals surface area contributed by atoms with Gasteiger partial charge in [0.25, 0.3) is 0 Å². The van der Waals surface area contributed by atoms with Gasteiger partial charge in [-0.2, -0.15) is 0 Å². The van der Waals surface area contributed by atoms with Crippen LogP contribution in [-0.4, -0.2) is 38.6 Å². The average Bonchev–Trinajstić information content (AvgIpc) is 2.58. The predicted octanol–water partition coefficient (Wildman–Crippen LogP) is 2.53. The summed E-state index contributed by atoms with van der Waals surface area (Å²) in [4.78, 5) is 16.2. The Balaban J connectivity index is 0.00000576. The predicted molar refractivity (Wildman–Crippen MR) is 114 cm³/mol. The van der Waals surface area contributed by atoms with Crippen LogP contribution in [0.15, 0.2) is 29.3 Å². The third-order valence-electron chi connectivity index (χ3n) is 3.39. The van der Waals surface area contributed by atoms with Crippen LogP contribution in [0.25, 0.3) is 0 Å². The van der Waals surface area contributed by atoms with Crippen molar-refractivity contribution in [2.24, 2.45) is 10.9 Å². The van der Waals surface area contributed by atoms with Gasteiger partial charge in [0.1, 0.15) is 12.3 Å². The molecule has 3 N–H and O–H groups in total. The van der Waals surface area contributed by atoms with E-state index in [0.717, 1.165) is 30.8 Å². The molecule has 0 fully saturated rings. The second-order valence-electron chi connectivity index (χ2n) is 5.93. The fourth-order valence-electron chi connectivity index (χ4n) is 1.97. The number of ether oxygens (including phenoxy) is 1. The van der Waals surface area contributed by atoms with Crippen LogP contribution in [0.3, 0.4) is 0 Å². The number of aliphatic imine (C=N–C) groups is 1. The van der Waals surface area contributed by atoms with E-state index in [1.807, 2.05) is 31.2 Å². The fourth-order valence-corrected chi connectivity index (χ4v) is 1.97. The van der Waals surface area contributed by atoms with Crippen molar-refractivity contribution >= 4 is 35.8 Å². The molecule has 25 heavy (non-hydrogen) atoms. The standard InChI is InChI=1S/C18H30N4O2.HI/c1-5-19-18(20-11-10-14(2)3)22-13-17(23)21-12-15-6-8-16(24-4)9-7-15;/h6-9,14H,5,10-13H2,1-4H3,(H,21,23)(H2,19,20,22);1H. The number of guanidine groups is 1. The minimum Gasteiger partial charge on any atom is -0.497 e. The fraction of sp³-hybridized carbons (Fsp3) is 0.556. The molecule has 1 aromatic rings. The Morgan fingerprint density at radius 2 is 1.84 bits per heavy atom. The van der Waals surface area contributed by atoms with Crippen LogP contribution in [0, 0.1) is 5.92 Å². The number of methoxy groups -OCH3 is 1. The van der Waals surface area contributed by atoms with Crippen molar-refractivity contribution in [3.05, 3.63) is 29.8 Å². The largest absolute Gasteiger partial charge is 0.497 e. The molecule has 7 heteroatoms. The SMILES string of the molecule is CCNC(=NCC(=O)NCc1ccc(OC)cc1)NCCC(C)C.I. The van der Waals surface area contributed by atoms with E-state index in [0.29, 0.717) is 18.4 Å². The summed E-state index contributed by atoms with van der Waals surface area (Å²) in [6, 6.07) is 7.61. The summed E-state index contributed by atoms with van der Waals surface area (Å²) in [6.45, 7) is 8.56. The molecule has 0 bridgehead atoms. The van der Waals surface area contributed by atoms with E-state index in [1.54, 1.807) is 7.11 Å². The summed E-state index contributed by atoms with van der Waals surface area (Å²) >= 11 is 0. The first-order chi connectivity index (χ1) is 11.5. The maximum absolute atomic E-state index is 11.9. The smallest absolute Gasteiger partial charge is 0.242 e. The van der Waals surface area contributed by atoms with Crippen LogP contribution >= 0.6 is 24.0 Å². The van der Waals surface area contributed by atoms with Gasteiger partial charge >= 0.3 is 0 Å². The van der Waals surface area contributed by atoms with E-state index in [1.165, 1.54) is 0 Å². The molecule has 0 spiro atoms. The highest BCUT2D eigenvalue weighted by Crippen LogP contribution is 2.10. The quantitative estimate of drug-likeness (QED) is 0.300. The van der Waals surface area contributed by atoms with Gasteiger partial charge in [-0.25, -0.2) is 4.99 Å². The molecule has 0 aliphatic carbocycles. The summed E-state index contributed by atoms with van der Waals surface area (Å²) in [7, 11) is 1.63. The van der Waals surface area contributed by atoms with Crippen molar-refractivity contribution in [3.8, 4) is 5.75 Å². The normalized spacial score (nSPS) is 10.8. The Morgan fingerprint density at radius 1 is 1.16 bits per heavy atom. The molecule has 0 unspecified atom stereocenters. The molecule has 142 valence electrons. The Morgan fingerprint density at radius 3 is 2.40 bits per heavy atom. The van der Waals surface area contributed by atoms with Gasteiger partial charge in [0.05, 0.1) is 7.11 Å². The summed E-state index contributed by atoms with van der Waals surface area (Å²) in [5.41, 5.74) is 1.02. The summed E-state index contributed by atoms with van der Waals surface area (Å²) in [6.07, 6.45) is 1.06. The monoisotopic (exact) mass is 462 g/mol. The summed E-state index contributed by atoms with van der Waals surface area (Å²) < 4.78 is 5.11. The number of hydrogen-bond donors (Lipinski definition) is 3. The Hall–Kier alpha value is -1.51. The molecule has 1 aromatic carbocycles. The van der Waals surface area contributed by atoms with Gasteiger partial charge in [-0.05, 0) is 37.0 Å². The van der Waals surface area contributed by atoms with E-state index in [-0.39, 0.29) is 36.4 Å². The molecule has 0 atom stereocenters. The number of hydrogen-bond acceptors (Lipinski definition) is 3. The van der Waals surface area contributed by atoms with Crippen LogP contribution in [0.4, 0.5) is 0 Å². The first kappa shape index (κ1) is 23.5. The molecule has 0 aliphatic heterocycles. The molecule has 0 aromatic heterocycles. The van der Waals surface area contributed by atoms with Crippen molar-refractivity contribution in [2.45, 2.75) is 33.7 Å². The van der Waals surface area contributed by atoms with Crippen LogP contribution in [-0.2, 0) is 11.3 Å². The molecule has 0 radical (unpaired) electrons. The highest BCUT2D eigenvalue weighted by molar-refractivity contribution is 14.0. The lowest BCUT2D eigenvalue weighted by atomic mass is 10.1. The number of carbonyl (C=O) groups excluding carboxylic acids is 1. The number of halogens is 1. The van der Waals surface area contributed by atoms with Gasteiger partial charge in [-0.3, -0.25) is 4.79 Å². The zero-order valence-corrected chi connectivity index (χ0v) is 17.9. The maximum atomic E-state index is 11.9. The molecule has 0 saturated carbocycles. The lowest BCUT2D eigenvalue weighted by molar-refractivity contribution is -0.119. The third-order valence-corrected chi connectivity index (χ3v) is 3.39. The Bertz CT molecular complexity index is 518. The number of carbonyl (C=O) groups is 1. The maximum Gasteiger partial charge on any atom is 0.242 e. The number of rotatable bonds is 9. The molecule has 0 saturated heterocycles. The second-order valence-corrected chi connectivity index (χ2v) is 5.93. The number of nitrogens with zero attached hydrogens (tertiary/aromatic N) is 1. The zero-order valence-electron chi connectivity index (χ0n) is 15.6. The van der Waals surface area contributed by atoms with Crippen molar-refractivity contribution in [3.63, 3.8) is 0 Å². The number of benzene rings is 1. The molecule has 0 aliphatic rings. The molecule has 1 rings (SSSR count). The van der Waals surface area contributed by atoms with Crippen molar-refractivity contribution < 1.29 is 9.53 Å². The Labute approximate surface area is 168 Å². The van der Waals surface area contributed by atoms with Crippen LogP contribution in [0.2, 0.25) is 0 Å². The third kappa shape index (κ3) is 10.9. The Kier molecular flexibility index (Phi) is 12.9.